The van der Waals surface area contributed by atoms with Gasteiger partial charge in [-0.25, -0.2) is 4.79 Å². The van der Waals surface area contributed by atoms with Crippen LogP contribution < -0.4 is 5.32 Å². The van der Waals surface area contributed by atoms with Crippen LogP contribution in [0.15, 0.2) is 28.7 Å². The molecule has 0 aliphatic heterocycles. The van der Waals surface area contributed by atoms with Gasteiger partial charge in [-0.3, -0.25) is 10.1 Å². The molecule has 0 unspecified atom stereocenters. The van der Waals surface area contributed by atoms with E-state index in [0.29, 0.717) is 0 Å². The second-order valence-corrected chi connectivity index (χ2v) is 4.87. The van der Waals surface area contributed by atoms with Crippen molar-refractivity contribution in [2.24, 2.45) is 0 Å². The van der Waals surface area contributed by atoms with Crippen LogP contribution in [0.25, 0.3) is 0 Å². The lowest BCUT2D eigenvalue weighted by atomic mass is 10.1. The van der Waals surface area contributed by atoms with Gasteiger partial charge in [-0.2, -0.15) is 18.4 Å². The van der Waals surface area contributed by atoms with E-state index in [2.05, 4.69) is 10.1 Å². The van der Waals surface area contributed by atoms with E-state index in [-0.39, 0.29) is 28.3 Å². The van der Waals surface area contributed by atoms with E-state index in [4.69, 9.17) is 4.42 Å². The van der Waals surface area contributed by atoms with Crippen LogP contribution >= 0.6 is 0 Å². The van der Waals surface area contributed by atoms with E-state index < -0.39 is 23.6 Å². The Hall–Kier alpha value is -3.28. The maximum Gasteiger partial charge on any atom is 0.416 e. The van der Waals surface area contributed by atoms with E-state index in [9.17, 15) is 28.0 Å². The molecule has 1 aromatic carbocycles. The molecule has 0 bridgehead atoms. The molecule has 0 radical (unpaired) electrons. The Labute approximate surface area is 139 Å². The highest BCUT2D eigenvalue weighted by atomic mass is 19.4. The lowest BCUT2D eigenvalue weighted by molar-refractivity contribution is -0.137. The van der Waals surface area contributed by atoms with Crippen molar-refractivity contribution in [3.05, 3.63) is 52.3 Å². The predicted molar refractivity (Wildman–Crippen MR) is 78.9 cm³/mol. The molecule has 0 saturated heterocycles. The summed E-state index contributed by atoms with van der Waals surface area (Å²) in [7, 11) is 1.12. The first kappa shape index (κ1) is 18.1. The molecule has 1 aromatic heterocycles. The highest BCUT2D eigenvalue weighted by molar-refractivity contribution is 6.05. The number of halogens is 3. The van der Waals surface area contributed by atoms with Crippen molar-refractivity contribution < 1.29 is 31.9 Å². The number of ether oxygens (including phenoxy) is 1. The highest BCUT2D eigenvalue weighted by Crippen LogP contribution is 2.30. The number of hydrogen-bond acceptors (Lipinski definition) is 5. The SMILES string of the molecule is COC(=O)c1c(C)oc(NC(=O)c2ccc(C(F)(F)F)cc2)c1C#N. The number of methoxy groups -OCH3 is 1. The van der Waals surface area contributed by atoms with Crippen molar-refractivity contribution in [2.45, 2.75) is 13.1 Å². The Kier molecular flexibility index (Phi) is 4.83. The van der Waals surface area contributed by atoms with Crippen LogP contribution in [-0.4, -0.2) is 19.0 Å². The molecule has 9 heteroatoms. The third-order valence-electron chi connectivity index (χ3n) is 3.29. The van der Waals surface area contributed by atoms with E-state index in [1.165, 1.54) is 6.92 Å². The number of benzene rings is 1. The molecular formula is C16H11F3N2O4. The van der Waals surface area contributed by atoms with Gasteiger partial charge in [-0.1, -0.05) is 0 Å². The van der Waals surface area contributed by atoms with Crippen LogP contribution in [-0.2, 0) is 10.9 Å². The number of furan rings is 1. The van der Waals surface area contributed by atoms with Crippen LogP contribution in [0.4, 0.5) is 19.1 Å². The third-order valence-corrected chi connectivity index (χ3v) is 3.29. The molecule has 0 fully saturated rings. The monoisotopic (exact) mass is 352 g/mol. The Morgan fingerprint density at radius 2 is 1.84 bits per heavy atom. The van der Waals surface area contributed by atoms with Crippen molar-refractivity contribution >= 4 is 17.8 Å². The van der Waals surface area contributed by atoms with Gasteiger partial charge in [0, 0.05) is 5.56 Å². The molecule has 2 aromatic rings. The van der Waals surface area contributed by atoms with Gasteiger partial charge in [0.1, 0.15) is 23.0 Å². The number of hydrogen-bond donors (Lipinski definition) is 1. The number of anilines is 1. The van der Waals surface area contributed by atoms with Gasteiger partial charge in [0.25, 0.3) is 5.91 Å². The second kappa shape index (κ2) is 6.68. The van der Waals surface area contributed by atoms with Crippen molar-refractivity contribution in [2.75, 3.05) is 12.4 Å². The van der Waals surface area contributed by atoms with Gasteiger partial charge < -0.3 is 9.15 Å². The fraction of sp³-hybridized carbons (Fsp3) is 0.188. The summed E-state index contributed by atoms with van der Waals surface area (Å²) >= 11 is 0. The molecular weight excluding hydrogens is 341 g/mol. The topological polar surface area (TPSA) is 92.3 Å². The molecule has 0 saturated carbocycles. The predicted octanol–water partition coefficient (Wildman–Crippen LogP) is 3.52. The molecule has 1 N–H and O–H groups in total. The standard InChI is InChI=1S/C16H11F3N2O4/c1-8-12(15(23)24-2)11(7-20)14(25-8)21-13(22)9-3-5-10(6-4-9)16(17,18)19/h3-6H,1-2H3,(H,21,22). The van der Waals surface area contributed by atoms with Crippen LogP contribution in [0.1, 0.15) is 37.6 Å². The first-order valence-electron chi connectivity index (χ1n) is 6.79. The maximum atomic E-state index is 12.5. The second-order valence-electron chi connectivity index (χ2n) is 4.87. The number of rotatable bonds is 3. The molecule has 0 atom stereocenters. The number of carbonyl (C=O) groups excluding carboxylic acids is 2. The summed E-state index contributed by atoms with van der Waals surface area (Å²) in [5.41, 5.74) is -1.34. The minimum absolute atomic E-state index is 0.0612. The molecule has 0 aliphatic carbocycles. The van der Waals surface area contributed by atoms with Crippen LogP contribution in [0.5, 0.6) is 0 Å². The van der Waals surface area contributed by atoms with E-state index >= 15 is 0 Å². The third kappa shape index (κ3) is 3.63. The fourth-order valence-corrected chi connectivity index (χ4v) is 2.07. The molecule has 1 amide bonds. The van der Waals surface area contributed by atoms with Gasteiger partial charge in [0.15, 0.2) is 0 Å². The molecule has 130 valence electrons. The van der Waals surface area contributed by atoms with Gasteiger partial charge in [0.2, 0.25) is 5.88 Å². The quantitative estimate of drug-likeness (QED) is 0.853. The number of nitrogens with one attached hydrogen (secondary N) is 1. The maximum absolute atomic E-state index is 12.5. The normalized spacial score (nSPS) is 10.9. The zero-order valence-corrected chi connectivity index (χ0v) is 13.0. The number of aryl methyl sites for hydroxylation is 1. The lowest BCUT2D eigenvalue weighted by Crippen LogP contribution is -2.13. The van der Waals surface area contributed by atoms with Crippen molar-refractivity contribution in [3.8, 4) is 6.07 Å². The summed E-state index contributed by atoms with van der Waals surface area (Å²) in [5.74, 6) is -1.83. The molecule has 1 heterocycles. The molecule has 2 rings (SSSR count). The van der Waals surface area contributed by atoms with Gasteiger partial charge in [0.05, 0.1) is 12.7 Å². The van der Waals surface area contributed by atoms with E-state index in [0.717, 1.165) is 31.4 Å². The van der Waals surface area contributed by atoms with Crippen LogP contribution in [0, 0.1) is 18.3 Å². The number of alkyl halides is 3. The molecule has 25 heavy (non-hydrogen) atoms. The zero-order chi connectivity index (χ0) is 18.8. The average molecular weight is 352 g/mol. The molecule has 0 aliphatic rings. The first-order valence-corrected chi connectivity index (χ1v) is 6.79. The molecule has 0 spiro atoms. The summed E-state index contributed by atoms with van der Waals surface area (Å²) in [6, 6.07) is 5.22. The van der Waals surface area contributed by atoms with E-state index in [1.54, 1.807) is 6.07 Å². The molecule has 6 nitrogen and oxygen atoms in total. The van der Waals surface area contributed by atoms with Crippen molar-refractivity contribution in [3.63, 3.8) is 0 Å². The highest BCUT2D eigenvalue weighted by Gasteiger charge is 2.30. The van der Waals surface area contributed by atoms with E-state index in [1.807, 2.05) is 0 Å². The summed E-state index contributed by atoms with van der Waals surface area (Å²) in [4.78, 5) is 23.8. The Bertz CT molecular complexity index is 861. The summed E-state index contributed by atoms with van der Waals surface area (Å²) in [6.07, 6.45) is -4.52. The minimum atomic E-state index is -4.52. The van der Waals surface area contributed by atoms with Gasteiger partial charge in [-0.05, 0) is 31.2 Å². The fourth-order valence-electron chi connectivity index (χ4n) is 2.07. The number of esters is 1. The average Bonchev–Trinajstić information content (AvgIpc) is 2.88. The lowest BCUT2D eigenvalue weighted by Gasteiger charge is -2.07. The minimum Gasteiger partial charge on any atom is -0.465 e. The zero-order valence-electron chi connectivity index (χ0n) is 13.0. The number of carbonyl (C=O) groups is 2. The van der Waals surface area contributed by atoms with Gasteiger partial charge >= 0.3 is 12.1 Å². The Balaban J connectivity index is 2.30. The smallest absolute Gasteiger partial charge is 0.416 e. The first-order chi connectivity index (χ1) is 11.7. The summed E-state index contributed by atoms with van der Waals surface area (Å²) in [6.45, 7) is 1.40. The van der Waals surface area contributed by atoms with Crippen LogP contribution in [0.2, 0.25) is 0 Å². The Morgan fingerprint density at radius 1 is 1.24 bits per heavy atom. The summed E-state index contributed by atoms with van der Waals surface area (Å²) < 4.78 is 47.3. The largest absolute Gasteiger partial charge is 0.465 e. The summed E-state index contributed by atoms with van der Waals surface area (Å²) in [5, 5.41) is 11.4. The van der Waals surface area contributed by atoms with Crippen molar-refractivity contribution in [1.82, 2.24) is 0 Å². The van der Waals surface area contributed by atoms with Crippen molar-refractivity contribution in [1.29, 1.82) is 5.26 Å². The number of nitriles is 1. The number of nitrogens with zero attached hydrogens (tertiary/aromatic N) is 1. The van der Waals surface area contributed by atoms with Gasteiger partial charge in [-0.15, -0.1) is 0 Å². The number of amides is 1. The Morgan fingerprint density at radius 3 is 2.32 bits per heavy atom. The van der Waals surface area contributed by atoms with Crippen LogP contribution in [0.3, 0.4) is 0 Å².